The van der Waals surface area contributed by atoms with Gasteiger partial charge >= 0.3 is 0 Å². The van der Waals surface area contributed by atoms with Crippen molar-refractivity contribution in [3.63, 3.8) is 0 Å². The molecule has 2 nitrogen and oxygen atoms in total. The largest absolute Gasteiger partial charge is 0.309 e. The molecule has 14 heavy (non-hydrogen) atoms. The van der Waals surface area contributed by atoms with Gasteiger partial charge in [0.05, 0.1) is 0 Å². The first-order valence-corrected chi connectivity index (χ1v) is 5.25. The molecule has 1 atom stereocenters. The van der Waals surface area contributed by atoms with Crippen LogP contribution in [-0.4, -0.2) is 38.1 Å². The summed E-state index contributed by atoms with van der Waals surface area (Å²) in [6, 6.07) is 0.546. The lowest BCUT2D eigenvalue weighted by atomic mass is 10.1. The molecule has 0 heterocycles. The Morgan fingerprint density at radius 2 is 2.29 bits per heavy atom. The van der Waals surface area contributed by atoms with Crippen LogP contribution < -0.4 is 5.32 Å². The summed E-state index contributed by atoms with van der Waals surface area (Å²) < 4.78 is 0. The van der Waals surface area contributed by atoms with Crippen LogP contribution in [-0.2, 0) is 0 Å². The van der Waals surface area contributed by atoms with Crippen LogP contribution in [0.2, 0.25) is 0 Å². The van der Waals surface area contributed by atoms with Crippen molar-refractivity contribution >= 4 is 0 Å². The molecule has 0 spiro atoms. The van der Waals surface area contributed by atoms with Gasteiger partial charge in [0.2, 0.25) is 0 Å². The molecule has 0 bridgehead atoms. The number of allylic oxidation sites excluding steroid dienone is 2. The second kappa shape index (κ2) is 5.99. The van der Waals surface area contributed by atoms with E-state index >= 15 is 0 Å². The van der Waals surface area contributed by atoms with E-state index in [1.54, 1.807) is 0 Å². The maximum atomic E-state index is 3.51. The van der Waals surface area contributed by atoms with Gasteiger partial charge in [-0.2, -0.15) is 0 Å². The minimum Gasteiger partial charge on any atom is -0.309 e. The molecule has 0 aromatic heterocycles. The van der Waals surface area contributed by atoms with E-state index in [0.717, 1.165) is 19.5 Å². The molecule has 0 fully saturated rings. The van der Waals surface area contributed by atoms with Gasteiger partial charge < -0.3 is 10.2 Å². The van der Waals surface area contributed by atoms with Crippen LogP contribution in [0, 0.1) is 6.42 Å². The fourth-order valence-electron chi connectivity index (χ4n) is 1.59. The summed E-state index contributed by atoms with van der Waals surface area (Å²) in [7, 11) is 4.21. The fraction of sp³-hybridized carbons (Fsp3) is 0.583. The van der Waals surface area contributed by atoms with E-state index in [-0.39, 0.29) is 0 Å². The van der Waals surface area contributed by atoms with Gasteiger partial charge in [0.15, 0.2) is 0 Å². The van der Waals surface area contributed by atoms with Crippen molar-refractivity contribution < 1.29 is 0 Å². The van der Waals surface area contributed by atoms with Crippen molar-refractivity contribution in [1.82, 2.24) is 10.2 Å². The maximum Gasteiger partial charge on any atom is 0.0205 e. The lowest BCUT2D eigenvalue weighted by Crippen LogP contribution is -2.36. The van der Waals surface area contributed by atoms with Crippen molar-refractivity contribution in [2.75, 3.05) is 27.2 Å². The van der Waals surface area contributed by atoms with Crippen LogP contribution in [0.25, 0.3) is 0 Å². The molecule has 1 N–H and O–H groups in total. The van der Waals surface area contributed by atoms with Crippen LogP contribution >= 0.6 is 0 Å². The Labute approximate surface area is 87.7 Å². The minimum absolute atomic E-state index is 0.546. The molecule has 79 valence electrons. The van der Waals surface area contributed by atoms with Crippen LogP contribution in [0.15, 0.2) is 23.8 Å². The first-order valence-electron chi connectivity index (χ1n) is 5.25. The number of likely N-dealkylation sites (N-methyl/N-ethyl adjacent to an activating group) is 1. The third kappa shape index (κ3) is 4.58. The highest BCUT2D eigenvalue weighted by atomic mass is 15.1. The average Bonchev–Trinajstić information content (AvgIpc) is 2.15. The quantitative estimate of drug-likeness (QED) is 0.713. The maximum absolute atomic E-state index is 3.51. The van der Waals surface area contributed by atoms with E-state index in [1.807, 2.05) is 0 Å². The van der Waals surface area contributed by atoms with Crippen LogP contribution in [0.1, 0.15) is 13.3 Å². The van der Waals surface area contributed by atoms with E-state index in [2.05, 4.69) is 55.9 Å². The highest BCUT2D eigenvalue weighted by Crippen LogP contribution is 2.07. The van der Waals surface area contributed by atoms with E-state index in [0.29, 0.717) is 6.04 Å². The van der Waals surface area contributed by atoms with Gasteiger partial charge in [-0.05, 0) is 39.4 Å². The van der Waals surface area contributed by atoms with Crippen molar-refractivity contribution in [2.24, 2.45) is 0 Å². The molecule has 1 aliphatic rings. The molecule has 1 unspecified atom stereocenters. The van der Waals surface area contributed by atoms with E-state index in [1.165, 1.54) is 5.57 Å². The molecule has 0 aliphatic heterocycles. The molecular weight excluding hydrogens is 172 g/mol. The standard InChI is InChI=1S/C12H21N2/c1-11(10-14(2)3)13-9-12-7-5-4-6-8-12/h4-5,7-8,11,13H,6,9-10H2,1-3H3. The second-order valence-corrected chi connectivity index (χ2v) is 4.15. The zero-order chi connectivity index (χ0) is 10.4. The Kier molecular flexibility index (Phi) is 4.91. The van der Waals surface area contributed by atoms with Gasteiger partial charge in [-0.25, -0.2) is 0 Å². The average molecular weight is 193 g/mol. The summed E-state index contributed by atoms with van der Waals surface area (Å²) in [5.41, 5.74) is 1.40. The SMILES string of the molecule is CC(CN(C)C)NCC1=CC[CH]C=C1. The number of nitrogens with one attached hydrogen (secondary N) is 1. The van der Waals surface area contributed by atoms with Gasteiger partial charge in [-0.3, -0.25) is 0 Å². The third-order valence-electron chi connectivity index (χ3n) is 2.26. The summed E-state index contributed by atoms with van der Waals surface area (Å²) in [5, 5.41) is 3.51. The monoisotopic (exact) mass is 193 g/mol. The number of hydrogen-bond donors (Lipinski definition) is 1. The molecule has 1 radical (unpaired) electrons. The normalized spacial score (nSPS) is 18.4. The van der Waals surface area contributed by atoms with Crippen molar-refractivity contribution in [3.05, 3.63) is 30.2 Å². The zero-order valence-electron chi connectivity index (χ0n) is 9.46. The minimum atomic E-state index is 0.546. The highest BCUT2D eigenvalue weighted by molar-refractivity contribution is 5.27. The Hall–Kier alpha value is -0.600. The number of nitrogens with zero attached hydrogens (tertiary/aromatic N) is 1. The molecule has 1 rings (SSSR count). The molecule has 0 saturated carbocycles. The topological polar surface area (TPSA) is 15.3 Å². The lowest BCUT2D eigenvalue weighted by Gasteiger charge is -2.19. The van der Waals surface area contributed by atoms with Gasteiger partial charge in [0.1, 0.15) is 0 Å². The summed E-state index contributed by atoms with van der Waals surface area (Å²) in [6.07, 6.45) is 9.84. The molecular formula is C12H21N2. The summed E-state index contributed by atoms with van der Waals surface area (Å²) in [6.45, 7) is 4.29. The van der Waals surface area contributed by atoms with Gasteiger partial charge in [-0.1, -0.05) is 18.2 Å². The molecule has 0 amide bonds. The number of rotatable bonds is 5. The second-order valence-electron chi connectivity index (χ2n) is 4.15. The highest BCUT2D eigenvalue weighted by Gasteiger charge is 2.03. The Morgan fingerprint density at radius 1 is 1.50 bits per heavy atom. The van der Waals surface area contributed by atoms with Crippen LogP contribution in [0.5, 0.6) is 0 Å². The predicted molar refractivity (Wildman–Crippen MR) is 62.2 cm³/mol. The molecule has 0 aromatic rings. The zero-order valence-corrected chi connectivity index (χ0v) is 9.46. The van der Waals surface area contributed by atoms with E-state index < -0.39 is 0 Å². The number of hydrogen-bond acceptors (Lipinski definition) is 2. The van der Waals surface area contributed by atoms with Crippen molar-refractivity contribution in [1.29, 1.82) is 0 Å². The molecule has 2 heteroatoms. The Morgan fingerprint density at radius 3 is 2.86 bits per heavy atom. The van der Waals surface area contributed by atoms with E-state index in [9.17, 15) is 0 Å². The van der Waals surface area contributed by atoms with Crippen molar-refractivity contribution in [2.45, 2.75) is 19.4 Å². The van der Waals surface area contributed by atoms with Gasteiger partial charge in [0.25, 0.3) is 0 Å². The fourth-order valence-corrected chi connectivity index (χ4v) is 1.59. The first-order chi connectivity index (χ1) is 6.68. The van der Waals surface area contributed by atoms with Gasteiger partial charge in [-0.15, -0.1) is 0 Å². The Balaban J connectivity index is 2.19. The smallest absolute Gasteiger partial charge is 0.0205 e. The van der Waals surface area contributed by atoms with E-state index in [4.69, 9.17) is 0 Å². The molecule has 1 aliphatic carbocycles. The van der Waals surface area contributed by atoms with Crippen LogP contribution in [0.4, 0.5) is 0 Å². The summed E-state index contributed by atoms with van der Waals surface area (Å²) in [4.78, 5) is 2.20. The molecule has 0 saturated heterocycles. The molecule has 0 aromatic carbocycles. The summed E-state index contributed by atoms with van der Waals surface area (Å²) >= 11 is 0. The van der Waals surface area contributed by atoms with Crippen LogP contribution in [0.3, 0.4) is 0 Å². The lowest BCUT2D eigenvalue weighted by molar-refractivity contribution is 0.355. The Bertz CT molecular complexity index is 216. The first kappa shape index (κ1) is 11.5. The third-order valence-corrected chi connectivity index (χ3v) is 2.26. The van der Waals surface area contributed by atoms with Gasteiger partial charge in [0, 0.05) is 19.1 Å². The predicted octanol–water partition coefficient (Wildman–Crippen LogP) is 1.62. The summed E-state index contributed by atoms with van der Waals surface area (Å²) in [5.74, 6) is 0. The van der Waals surface area contributed by atoms with Crippen molar-refractivity contribution in [3.8, 4) is 0 Å².